The molecule has 0 aliphatic rings. The number of amides is 1. The van der Waals surface area contributed by atoms with Crippen molar-refractivity contribution < 1.29 is 14.7 Å². The van der Waals surface area contributed by atoms with E-state index in [9.17, 15) is 9.59 Å². The van der Waals surface area contributed by atoms with Gasteiger partial charge in [0.1, 0.15) is 5.54 Å². The van der Waals surface area contributed by atoms with Crippen LogP contribution in [0.1, 0.15) is 47.0 Å². The molecule has 0 aliphatic carbocycles. The maximum Gasteiger partial charge on any atom is 0.329 e. The molecule has 0 fully saturated rings. The molecule has 0 heterocycles. The third-order valence-corrected chi connectivity index (χ3v) is 2.86. The molecule has 1 unspecified atom stereocenters. The Labute approximate surface area is 91.3 Å². The first-order valence-electron chi connectivity index (χ1n) is 5.41. The van der Waals surface area contributed by atoms with Crippen molar-refractivity contribution in [2.24, 2.45) is 0 Å². The summed E-state index contributed by atoms with van der Waals surface area (Å²) in [7, 11) is 0. The highest BCUT2D eigenvalue weighted by Gasteiger charge is 2.38. The van der Waals surface area contributed by atoms with Gasteiger partial charge in [-0.25, -0.2) is 4.79 Å². The molecule has 1 amide bonds. The van der Waals surface area contributed by atoms with E-state index >= 15 is 0 Å². The summed E-state index contributed by atoms with van der Waals surface area (Å²) in [6.45, 7) is 7.35. The third kappa shape index (κ3) is 3.22. The summed E-state index contributed by atoms with van der Waals surface area (Å²) in [6.07, 6.45) is 2.21. The molecule has 0 spiro atoms. The number of carbonyl (C=O) groups excluding carboxylic acids is 1. The van der Waals surface area contributed by atoms with Gasteiger partial charge in [0.25, 0.3) is 0 Å². The van der Waals surface area contributed by atoms with Crippen molar-refractivity contribution in [3.63, 3.8) is 0 Å². The van der Waals surface area contributed by atoms with Crippen molar-refractivity contribution in [3.05, 3.63) is 0 Å². The van der Waals surface area contributed by atoms with Gasteiger partial charge >= 0.3 is 5.97 Å². The molecule has 0 aromatic rings. The van der Waals surface area contributed by atoms with E-state index in [1.807, 2.05) is 6.92 Å². The smallest absolute Gasteiger partial charge is 0.329 e. The Morgan fingerprint density at radius 1 is 1.33 bits per heavy atom. The van der Waals surface area contributed by atoms with E-state index in [4.69, 9.17) is 5.11 Å². The molecular formula is C11H21NO3. The number of rotatable bonds is 6. The summed E-state index contributed by atoms with van der Waals surface area (Å²) in [4.78, 5) is 24.0. The van der Waals surface area contributed by atoms with Crippen LogP contribution in [-0.4, -0.2) is 34.0 Å². The van der Waals surface area contributed by atoms with Gasteiger partial charge in [-0.15, -0.1) is 0 Å². The molecule has 0 aromatic carbocycles. The maximum atomic E-state index is 11.4. The second-order valence-electron chi connectivity index (χ2n) is 3.96. The minimum absolute atomic E-state index is 0.171. The molecule has 0 saturated heterocycles. The van der Waals surface area contributed by atoms with E-state index in [-0.39, 0.29) is 5.91 Å². The number of carboxylic acid groups (broad SMARTS) is 1. The molecule has 1 atom stereocenters. The van der Waals surface area contributed by atoms with Crippen molar-refractivity contribution in [1.82, 2.24) is 4.90 Å². The van der Waals surface area contributed by atoms with Crippen LogP contribution in [0.5, 0.6) is 0 Å². The summed E-state index contributed by atoms with van der Waals surface area (Å²) >= 11 is 0. The molecule has 88 valence electrons. The number of aliphatic carboxylic acids is 1. The van der Waals surface area contributed by atoms with Gasteiger partial charge < -0.3 is 10.0 Å². The minimum Gasteiger partial charge on any atom is -0.480 e. The van der Waals surface area contributed by atoms with Crippen LogP contribution in [0, 0.1) is 0 Å². The highest BCUT2D eigenvalue weighted by atomic mass is 16.4. The molecule has 0 radical (unpaired) electrons. The largest absolute Gasteiger partial charge is 0.480 e. The molecule has 4 heteroatoms. The molecule has 15 heavy (non-hydrogen) atoms. The minimum atomic E-state index is -1.07. The molecule has 4 nitrogen and oxygen atoms in total. The zero-order valence-electron chi connectivity index (χ0n) is 10.0. The Morgan fingerprint density at radius 3 is 2.13 bits per heavy atom. The average molecular weight is 215 g/mol. The van der Waals surface area contributed by atoms with E-state index in [0.717, 1.165) is 12.8 Å². The van der Waals surface area contributed by atoms with Crippen molar-refractivity contribution in [3.8, 4) is 0 Å². The van der Waals surface area contributed by atoms with Crippen molar-refractivity contribution in [1.29, 1.82) is 0 Å². The summed E-state index contributed by atoms with van der Waals surface area (Å²) in [5, 5.41) is 9.16. The fourth-order valence-corrected chi connectivity index (χ4v) is 1.53. The molecule has 0 saturated carbocycles. The van der Waals surface area contributed by atoms with Crippen molar-refractivity contribution in [2.75, 3.05) is 6.54 Å². The number of carboxylic acids is 1. The molecule has 0 aliphatic heterocycles. The van der Waals surface area contributed by atoms with Crippen LogP contribution in [-0.2, 0) is 9.59 Å². The molecule has 1 N–H and O–H groups in total. The summed E-state index contributed by atoms with van der Waals surface area (Å²) in [5.74, 6) is -1.11. The Morgan fingerprint density at radius 2 is 1.87 bits per heavy atom. The zero-order chi connectivity index (χ0) is 12.1. The van der Waals surface area contributed by atoms with Gasteiger partial charge in [-0.1, -0.05) is 20.3 Å². The number of carbonyl (C=O) groups is 2. The Kier molecular flexibility index (Phi) is 5.33. The standard InChI is InChI=1S/C11H21NO3/c1-5-7-8-12(9(3)13)11(4,6-2)10(14)15/h5-8H2,1-4H3,(H,14,15). The van der Waals surface area contributed by atoms with E-state index in [0.29, 0.717) is 13.0 Å². The van der Waals surface area contributed by atoms with Crippen molar-refractivity contribution >= 4 is 11.9 Å². The molecule has 0 rings (SSSR count). The monoisotopic (exact) mass is 215 g/mol. The first-order chi connectivity index (χ1) is 6.90. The van der Waals surface area contributed by atoms with Crippen LogP contribution in [0.2, 0.25) is 0 Å². The van der Waals surface area contributed by atoms with Gasteiger partial charge in [0.15, 0.2) is 0 Å². The van der Waals surface area contributed by atoms with Crippen molar-refractivity contribution in [2.45, 2.75) is 52.5 Å². The lowest BCUT2D eigenvalue weighted by Crippen LogP contribution is -2.54. The average Bonchev–Trinajstić information content (AvgIpc) is 2.17. The first kappa shape index (κ1) is 13.9. The van der Waals surface area contributed by atoms with Crippen LogP contribution in [0.3, 0.4) is 0 Å². The van der Waals surface area contributed by atoms with Crippen LogP contribution in [0.15, 0.2) is 0 Å². The predicted octanol–water partition coefficient (Wildman–Crippen LogP) is 1.89. The fraction of sp³-hybridized carbons (Fsp3) is 0.818. The highest BCUT2D eigenvalue weighted by Crippen LogP contribution is 2.20. The molecule has 0 aromatic heterocycles. The Bertz CT molecular complexity index is 240. The lowest BCUT2D eigenvalue weighted by atomic mass is 9.96. The number of hydrogen-bond donors (Lipinski definition) is 1. The highest BCUT2D eigenvalue weighted by molar-refractivity contribution is 5.85. The Balaban J connectivity index is 4.85. The summed E-state index contributed by atoms with van der Waals surface area (Å²) in [6, 6.07) is 0. The van der Waals surface area contributed by atoms with E-state index in [1.165, 1.54) is 11.8 Å². The van der Waals surface area contributed by atoms with E-state index < -0.39 is 11.5 Å². The molecular weight excluding hydrogens is 194 g/mol. The lowest BCUT2D eigenvalue weighted by molar-refractivity contribution is -0.157. The summed E-state index contributed by atoms with van der Waals surface area (Å²) in [5.41, 5.74) is -1.07. The van der Waals surface area contributed by atoms with Gasteiger partial charge in [0, 0.05) is 13.5 Å². The lowest BCUT2D eigenvalue weighted by Gasteiger charge is -2.36. The second kappa shape index (κ2) is 5.73. The second-order valence-corrected chi connectivity index (χ2v) is 3.96. The fourth-order valence-electron chi connectivity index (χ4n) is 1.53. The molecule has 0 bridgehead atoms. The first-order valence-corrected chi connectivity index (χ1v) is 5.41. The van der Waals surface area contributed by atoms with Crippen LogP contribution in [0.4, 0.5) is 0 Å². The topological polar surface area (TPSA) is 57.6 Å². The van der Waals surface area contributed by atoms with Gasteiger partial charge in [0.05, 0.1) is 0 Å². The van der Waals surface area contributed by atoms with Crippen LogP contribution < -0.4 is 0 Å². The zero-order valence-corrected chi connectivity index (χ0v) is 10.0. The van der Waals surface area contributed by atoms with Gasteiger partial charge in [-0.3, -0.25) is 4.79 Å². The van der Waals surface area contributed by atoms with Gasteiger partial charge in [0.2, 0.25) is 5.91 Å². The quantitative estimate of drug-likeness (QED) is 0.736. The number of nitrogens with zero attached hydrogens (tertiary/aromatic N) is 1. The SMILES string of the molecule is CCCCN(C(C)=O)C(C)(CC)C(=O)O. The van der Waals surface area contributed by atoms with Crippen LogP contribution in [0.25, 0.3) is 0 Å². The maximum absolute atomic E-state index is 11.4. The third-order valence-electron chi connectivity index (χ3n) is 2.86. The van der Waals surface area contributed by atoms with E-state index in [2.05, 4.69) is 0 Å². The van der Waals surface area contributed by atoms with E-state index in [1.54, 1.807) is 13.8 Å². The predicted molar refractivity (Wildman–Crippen MR) is 58.6 cm³/mol. The van der Waals surface area contributed by atoms with Gasteiger partial charge in [-0.2, -0.15) is 0 Å². The van der Waals surface area contributed by atoms with Gasteiger partial charge in [-0.05, 0) is 19.8 Å². The summed E-state index contributed by atoms with van der Waals surface area (Å²) < 4.78 is 0. The normalized spacial score (nSPS) is 14.4. The Hall–Kier alpha value is -1.06. The number of hydrogen-bond acceptors (Lipinski definition) is 2. The van der Waals surface area contributed by atoms with Crippen LogP contribution >= 0.6 is 0 Å². The number of unbranched alkanes of at least 4 members (excludes halogenated alkanes) is 1.